The quantitative estimate of drug-likeness (QED) is 0.531. The molecule has 2 heterocycles. The highest BCUT2D eigenvalue weighted by Gasteiger charge is 2.13. The van der Waals surface area contributed by atoms with Crippen LogP contribution in [0.15, 0.2) is 73.1 Å². The molecule has 146 valence electrons. The molecule has 0 aliphatic heterocycles. The van der Waals surface area contributed by atoms with Gasteiger partial charge in [-0.05, 0) is 41.3 Å². The number of amides is 1. The zero-order valence-electron chi connectivity index (χ0n) is 16.7. The number of pyridine rings is 1. The fourth-order valence-corrected chi connectivity index (χ4v) is 3.39. The fourth-order valence-electron chi connectivity index (χ4n) is 3.39. The van der Waals surface area contributed by atoms with Crippen LogP contribution in [0.5, 0.6) is 0 Å². The van der Waals surface area contributed by atoms with Crippen molar-refractivity contribution >= 4 is 16.9 Å². The minimum Gasteiger partial charge on any atom is -0.345 e. The summed E-state index contributed by atoms with van der Waals surface area (Å²) in [5.41, 5.74) is 5.12. The van der Waals surface area contributed by atoms with Crippen LogP contribution in [-0.4, -0.2) is 20.4 Å². The number of hydrogen-bond acceptors (Lipinski definition) is 3. The van der Waals surface area contributed by atoms with E-state index in [0.29, 0.717) is 24.6 Å². The summed E-state index contributed by atoms with van der Waals surface area (Å²) in [6, 6.07) is 20.2. The normalized spacial score (nSPS) is 11.1. The second kappa shape index (κ2) is 8.27. The van der Waals surface area contributed by atoms with Crippen molar-refractivity contribution in [1.82, 2.24) is 19.9 Å². The molecule has 29 heavy (non-hydrogen) atoms. The second-order valence-corrected chi connectivity index (χ2v) is 7.42. The van der Waals surface area contributed by atoms with Crippen LogP contribution in [0.25, 0.3) is 11.0 Å². The van der Waals surface area contributed by atoms with Gasteiger partial charge in [-0.3, -0.25) is 9.78 Å². The van der Waals surface area contributed by atoms with Crippen LogP contribution in [-0.2, 0) is 13.1 Å². The molecule has 0 aliphatic rings. The highest BCUT2D eigenvalue weighted by molar-refractivity contribution is 5.93. The SMILES string of the molecule is CC(C)c1ccc(Cn2c(CNC(=O)c3ccncc3)nc3ccccc32)cc1. The molecule has 0 saturated carbocycles. The molecule has 0 radical (unpaired) electrons. The van der Waals surface area contributed by atoms with Crippen molar-refractivity contribution in [3.8, 4) is 0 Å². The molecule has 1 N–H and O–H groups in total. The molecule has 0 saturated heterocycles. The average molecular weight is 384 g/mol. The maximum absolute atomic E-state index is 12.4. The first-order chi connectivity index (χ1) is 14.1. The summed E-state index contributed by atoms with van der Waals surface area (Å²) in [4.78, 5) is 21.1. The van der Waals surface area contributed by atoms with E-state index in [-0.39, 0.29) is 5.91 Å². The average Bonchev–Trinajstić information content (AvgIpc) is 3.10. The summed E-state index contributed by atoms with van der Waals surface area (Å²) in [6.07, 6.45) is 3.23. The molecule has 2 aromatic carbocycles. The van der Waals surface area contributed by atoms with Crippen molar-refractivity contribution in [3.05, 3.63) is 95.6 Å². The van der Waals surface area contributed by atoms with Gasteiger partial charge in [-0.1, -0.05) is 50.2 Å². The van der Waals surface area contributed by atoms with Crippen molar-refractivity contribution < 1.29 is 4.79 Å². The maximum atomic E-state index is 12.4. The van der Waals surface area contributed by atoms with Gasteiger partial charge in [0.05, 0.1) is 17.6 Å². The van der Waals surface area contributed by atoms with E-state index in [1.54, 1.807) is 24.5 Å². The number of carbonyl (C=O) groups excluding carboxylic acids is 1. The lowest BCUT2D eigenvalue weighted by molar-refractivity contribution is 0.0949. The molecular weight excluding hydrogens is 360 g/mol. The summed E-state index contributed by atoms with van der Waals surface area (Å²) in [5.74, 6) is 1.21. The lowest BCUT2D eigenvalue weighted by Crippen LogP contribution is -2.24. The van der Waals surface area contributed by atoms with Gasteiger partial charge < -0.3 is 9.88 Å². The standard InChI is InChI=1S/C24H24N4O/c1-17(2)19-9-7-18(8-10-19)16-28-22-6-4-3-5-21(22)27-23(28)15-26-24(29)20-11-13-25-14-12-20/h3-14,17H,15-16H2,1-2H3,(H,26,29). The summed E-state index contributed by atoms with van der Waals surface area (Å²) < 4.78 is 2.17. The van der Waals surface area contributed by atoms with Crippen LogP contribution in [0.2, 0.25) is 0 Å². The molecule has 0 fully saturated rings. The molecule has 0 spiro atoms. The van der Waals surface area contributed by atoms with Crippen molar-refractivity contribution in [3.63, 3.8) is 0 Å². The van der Waals surface area contributed by atoms with E-state index in [2.05, 4.69) is 59.0 Å². The van der Waals surface area contributed by atoms with E-state index in [9.17, 15) is 4.79 Å². The number of nitrogens with one attached hydrogen (secondary N) is 1. The van der Waals surface area contributed by atoms with Crippen molar-refractivity contribution in [2.75, 3.05) is 0 Å². The number of benzene rings is 2. The number of hydrogen-bond donors (Lipinski definition) is 1. The molecule has 1 amide bonds. The maximum Gasteiger partial charge on any atom is 0.251 e. The fraction of sp³-hybridized carbons (Fsp3) is 0.208. The molecular formula is C24H24N4O. The lowest BCUT2D eigenvalue weighted by Gasteiger charge is -2.12. The predicted molar refractivity (Wildman–Crippen MR) is 115 cm³/mol. The minimum absolute atomic E-state index is 0.132. The number of nitrogens with zero attached hydrogens (tertiary/aromatic N) is 3. The zero-order chi connectivity index (χ0) is 20.2. The topological polar surface area (TPSA) is 59.8 Å². The van der Waals surface area contributed by atoms with Gasteiger partial charge >= 0.3 is 0 Å². The number of rotatable bonds is 6. The highest BCUT2D eigenvalue weighted by atomic mass is 16.1. The largest absolute Gasteiger partial charge is 0.345 e. The Balaban J connectivity index is 1.59. The second-order valence-electron chi connectivity index (χ2n) is 7.42. The molecule has 5 heteroatoms. The lowest BCUT2D eigenvalue weighted by atomic mass is 10.0. The van der Waals surface area contributed by atoms with Gasteiger partial charge in [-0.15, -0.1) is 0 Å². The van der Waals surface area contributed by atoms with E-state index in [4.69, 9.17) is 4.98 Å². The first-order valence-electron chi connectivity index (χ1n) is 9.83. The van der Waals surface area contributed by atoms with E-state index >= 15 is 0 Å². The van der Waals surface area contributed by atoms with Gasteiger partial charge in [0.1, 0.15) is 5.82 Å². The van der Waals surface area contributed by atoms with Crippen LogP contribution < -0.4 is 5.32 Å². The summed E-state index contributed by atoms with van der Waals surface area (Å²) in [7, 11) is 0. The van der Waals surface area contributed by atoms with E-state index in [1.807, 2.05) is 18.2 Å². The smallest absolute Gasteiger partial charge is 0.251 e. The van der Waals surface area contributed by atoms with Gasteiger partial charge in [0.2, 0.25) is 0 Å². The van der Waals surface area contributed by atoms with Gasteiger partial charge in [0, 0.05) is 24.5 Å². The molecule has 0 aliphatic carbocycles. The van der Waals surface area contributed by atoms with Crippen molar-refractivity contribution in [2.45, 2.75) is 32.9 Å². The molecule has 0 bridgehead atoms. The summed E-state index contributed by atoms with van der Waals surface area (Å²) >= 11 is 0. The summed E-state index contributed by atoms with van der Waals surface area (Å²) in [6.45, 7) is 5.46. The Labute approximate surface area is 170 Å². The molecule has 4 aromatic rings. The Kier molecular flexibility index (Phi) is 5.38. The van der Waals surface area contributed by atoms with Crippen molar-refractivity contribution in [2.24, 2.45) is 0 Å². The first kappa shape index (κ1) is 18.9. The summed E-state index contributed by atoms with van der Waals surface area (Å²) in [5, 5.41) is 2.98. The third kappa shape index (κ3) is 4.19. The van der Waals surface area contributed by atoms with Crippen molar-refractivity contribution in [1.29, 1.82) is 0 Å². The number of para-hydroxylation sites is 2. The molecule has 0 atom stereocenters. The Morgan fingerprint density at radius 3 is 2.45 bits per heavy atom. The monoisotopic (exact) mass is 384 g/mol. The Morgan fingerprint density at radius 1 is 1.00 bits per heavy atom. The Morgan fingerprint density at radius 2 is 1.72 bits per heavy atom. The minimum atomic E-state index is -0.132. The Hall–Kier alpha value is -3.47. The third-order valence-corrected chi connectivity index (χ3v) is 5.07. The van der Waals surface area contributed by atoms with Crippen LogP contribution in [0, 0.1) is 0 Å². The Bertz CT molecular complexity index is 1110. The molecule has 2 aromatic heterocycles. The predicted octanol–water partition coefficient (Wildman–Crippen LogP) is 4.53. The van der Waals surface area contributed by atoms with E-state index < -0.39 is 0 Å². The van der Waals surface area contributed by atoms with Gasteiger partial charge in [-0.25, -0.2) is 4.98 Å². The number of fused-ring (bicyclic) bond motifs is 1. The van der Waals surface area contributed by atoms with Gasteiger partial charge in [-0.2, -0.15) is 0 Å². The van der Waals surface area contributed by atoms with Crippen LogP contribution in [0.4, 0.5) is 0 Å². The van der Waals surface area contributed by atoms with Gasteiger partial charge in [0.25, 0.3) is 5.91 Å². The molecule has 0 unspecified atom stereocenters. The van der Waals surface area contributed by atoms with Gasteiger partial charge in [0.15, 0.2) is 0 Å². The van der Waals surface area contributed by atoms with Crippen LogP contribution in [0.3, 0.4) is 0 Å². The highest BCUT2D eigenvalue weighted by Crippen LogP contribution is 2.20. The van der Waals surface area contributed by atoms with E-state index in [0.717, 1.165) is 16.9 Å². The molecule has 4 rings (SSSR count). The van der Waals surface area contributed by atoms with E-state index in [1.165, 1.54) is 11.1 Å². The number of imidazole rings is 1. The van der Waals surface area contributed by atoms with Crippen LogP contribution >= 0.6 is 0 Å². The molecule has 5 nitrogen and oxygen atoms in total. The van der Waals surface area contributed by atoms with Crippen LogP contribution in [0.1, 0.15) is 47.1 Å². The number of aromatic nitrogens is 3. The first-order valence-corrected chi connectivity index (χ1v) is 9.83. The number of carbonyl (C=O) groups is 1. The zero-order valence-corrected chi connectivity index (χ0v) is 16.7. The third-order valence-electron chi connectivity index (χ3n) is 5.07.